The molecule has 0 atom stereocenters. The molecule has 0 radical (unpaired) electrons. The average Bonchev–Trinajstić information content (AvgIpc) is 3.53. The highest BCUT2D eigenvalue weighted by Crippen LogP contribution is 2.43. The van der Waals surface area contributed by atoms with Gasteiger partial charge in [0.15, 0.2) is 0 Å². The van der Waals surface area contributed by atoms with Gasteiger partial charge in [0.25, 0.3) is 0 Å². The molecule has 0 N–H and O–H groups in total. The van der Waals surface area contributed by atoms with Crippen molar-refractivity contribution >= 4 is 43.6 Å². The molecule has 42 heavy (non-hydrogen) atoms. The number of hydrogen-bond donors (Lipinski definition) is 0. The normalized spacial score (nSPS) is 11.6. The SMILES string of the molecule is N#Cc1cc(C#N)c(-n2c3ccccc3c3ccc4c5ccccc5n(-c5ccc(C(F)(F)F)cc5)c4c32)c(C#N)c1. The van der Waals surface area contributed by atoms with E-state index in [9.17, 15) is 29.0 Å². The predicted molar refractivity (Wildman–Crippen MR) is 154 cm³/mol. The Hall–Kier alpha value is -6.04. The first kappa shape index (κ1) is 25.0. The van der Waals surface area contributed by atoms with Gasteiger partial charge in [0.2, 0.25) is 0 Å². The molecule has 2 heterocycles. The number of benzene rings is 5. The second-order valence-electron chi connectivity index (χ2n) is 9.86. The van der Waals surface area contributed by atoms with E-state index in [1.807, 2.05) is 75.9 Å². The first-order chi connectivity index (χ1) is 20.4. The van der Waals surface area contributed by atoms with E-state index in [1.165, 1.54) is 24.3 Å². The number of nitriles is 3. The lowest BCUT2D eigenvalue weighted by molar-refractivity contribution is -0.137. The van der Waals surface area contributed by atoms with Crippen LogP contribution in [0.3, 0.4) is 0 Å². The van der Waals surface area contributed by atoms with Crippen LogP contribution >= 0.6 is 0 Å². The number of alkyl halides is 3. The monoisotopic (exact) mass is 551 g/mol. The van der Waals surface area contributed by atoms with E-state index in [0.29, 0.717) is 22.4 Å². The Morgan fingerprint density at radius 1 is 0.548 bits per heavy atom. The first-order valence-electron chi connectivity index (χ1n) is 12.9. The summed E-state index contributed by atoms with van der Waals surface area (Å²) in [5, 5.41) is 33.4. The number of fused-ring (bicyclic) bond motifs is 7. The molecular formula is C34H16F3N5. The van der Waals surface area contributed by atoms with Crippen LogP contribution in [0.4, 0.5) is 13.2 Å². The fraction of sp³-hybridized carbons (Fsp3) is 0.0294. The molecular weight excluding hydrogens is 535 g/mol. The fourth-order valence-corrected chi connectivity index (χ4v) is 5.91. The second kappa shape index (κ2) is 8.99. The lowest BCUT2D eigenvalue weighted by Gasteiger charge is -2.15. The Kier molecular flexibility index (Phi) is 5.34. The highest BCUT2D eigenvalue weighted by Gasteiger charge is 2.30. The highest BCUT2D eigenvalue weighted by molar-refractivity contribution is 6.24. The minimum absolute atomic E-state index is 0.155. The predicted octanol–water partition coefficient (Wildman–Crippen LogP) is 8.51. The molecule has 5 nitrogen and oxygen atoms in total. The second-order valence-corrected chi connectivity index (χ2v) is 9.86. The van der Waals surface area contributed by atoms with Crippen LogP contribution in [0.5, 0.6) is 0 Å². The number of rotatable bonds is 2. The van der Waals surface area contributed by atoms with E-state index in [4.69, 9.17) is 0 Å². The molecule has 0 spiro atoms. The molecule has 0 amide bonds. The standard InChI is InChI=1S/C34H16F3N5/c35-34(36,37)23-9-11-24(12-10-23)41-29-7-3-1-5-25(29)27-13-14-28-26-6-2-4-8-30(26)42(33(28)32(27)41)31-21(18-39)15-20(17-38)16-22(31)19-40/h1-16H. The number of nitrogens with zero attached hydrogens (tertiary/aromatic N) is 5. The molecule has 7 rings (SSSR count). The molecule has 0 saturated carbocycles. The van der Waals surface area contributed by atoms with Crippen LogP contribution in [0.1, 0.15) is 22.3 Å². The van der Waals surface area contributed by atoms with Gasteiger partial charge in [-0.2, -0.15) is 29.0 Å². The molecule has 0 unspecified atom stereocenters. The van der Waals surface area contributed by atoms with Gasteiger partial charge in [-0.05, 0) is 48.5 Å². The molecule has 5 aromatic carbocycles. The van der Waals surface area contributed by atoms with Crippen LogP contribution in [0.25, 0.3) is 55.0 Å². The van der Waals surface area contributed by atoms with Gasteiger partial charge in [0, 0.05) is 27.2 Å². The summed E-state index contributed by atoms with van der Waals surface area (Å²) >= 11 is 0. The summed E-state index contributed by atoms with van der Waals surface area (Å²) in [6.45, 7) is 0. The smallest absolute Gasteiger partial charge is 0.307 e. The van der Waals surface area contributed by atoms with Gasteiger partial charge >= 0.3 is 6.18 Å². The molecule has 198 valence electrons. The summed E-state index contributed by atoms with van der Waals surface area (Å²) < 4.78 is 44.1. The zero-order valence-corrected chi connectivity index (χ0v) is 21.6. The number of halogens is 3. The largest absolute Gasteiger partial charge is 0.416 e. The van der Waals surface area contributed by atoms with Gasteiger partial charge in [-0.15, -0.1) is 0 Å². The van der Waals surface area contributed by atoms with Crippen LogP contribution in [0, 0.1) is 34.0 Å². The van der Waals surface area contributed by atoms with Crippen molar-refractivity contribution in [2.75, 3.05) is 0 Å². The Bertz CT molecular complexity index is 2340. The summed E-state index contributed by atoms with van der Waals surface area (Å²) in [7, 11) is 0. The molecule has 0 aliphatic heterocycles. The van der Waals surface area contributed by atoms with Crippen LogP contribution in [-0.4, -0.2) is 9.13 Å². The van der Waals surface area contributed by atoms with Crippen LogP contribution in [-0.2, 0) is 6.18 Å². The van der Waals surface area contributed by atoms with Crippen molar-refractivity contribution in [3.63, 3.8) is 0 Å². The molecule has 7 aromatic rings. The average molecular weight is 552 g/mol. The van der Waals surface area contributed by atoms with Crippen molar-refractivity contribution in [3.05, 3.63) is 119 Å². The van der Waals surface area contributed by atoms with Gasteiger partial charge in [0.05, 0.1) is 56.1 Å². The Balaban J connectivity index is 1.73. The minimum atomic E-state index is -4.48. The quantitative estimate of drug-likeness (QED) is 0.216. The molecule has 0 bridgehead atoms. The number of aromatic nitrogens is 2. The molecule has 2 aromatic heterocycles. The lowest BCUT2D eigenvalue weighted by Crippen LogP contribution is -2.05. The summed E-state index contributed by atoms with van der Waals surface area (Å²) in [5.41, 5.74) is 3.53. The van der Waals surface area contributed by atoms with Crippen molar-refractivity contribution in [1.29, 1.82) is 15.8 Å². The summed E-state index contributed by atoms with van der Waals surface area (Å²) in [6.07, 6.45) is -4.48. The van der Waals surface area contributed by atoms with E-state index < -0.39 is 11.7 Å². The Labute approximate surface area is 236 Å². The van der Waals surface area contributed by atoms with Crippen molar-refractivity contribution in [2.45, 2.75) is 6.18 Å². The van der Waals surface area contributed by atoms with E-state index in [0.717, 1.165) is 44.7 Å². The summed E-state index contributed by atoms with van der Waals surface area (Å²) in [4.78, 5) is 0. The zero-order valence-electron chi connectivity index (χ0n) is 21.6. The summed E-state index contributed by atoms with van der Waals surface area (Å²) in [6, 6.07) is 33.5. The van der Waals surface area contributed by atoms with Crippen molar-refractivity contribution in [1.82, 2.24) is 9.13 Å². The molecule has 0 aliphatic rings. The molecule has 0 saturated heterocycles. The third kappa shape index (κ3) is 3.48. The number of hydrogen-bond acceptors (Lipinski definition) is 3. The van der Waals surface area contributed by atoms with Crippen molar-refractivity contribution < 1.29 is 13.2 Å². The van der Waals surface area contributed by atoms with Gasteiger partial charge in [-0.1, -0.05) is 48.5 Å². The number of para-hydroxylation sites is 2. The molecule has 0 fully saturated rings. The van der Waals surface area contributed by atoms with E-state index in [1.54, 1.807) is 0 Å². The minimum Gasteiger partial charge on any atom is -0.307 e. The Morgan fingerprint density at radius 3 is 1.55 bits per heavy atom. The maximum Gasteiger partial charge on any atom is 0.416 e. The van der Waals surface area contributed by atoms with Gasteiger partial charge in [-0.25, -0.2) is 0 Å². The third-order valence-electron chi connectivity index (χ3n) is 7.63. The molecule has 8 heteroatoms. The van der Waals surface area contributed by atoms with Crippen LogP contribution in [0.2, 0.25) is 0 Å². The van der Waals surface area contributed by atoms with Gasteiger partial charge < -0.3 is 9.13 Å². The van der Waals surface area contributed by atoms with Gasteiger partial charge in [0.1, 0.15) is 12.1 Å². The maximum atomic E-state index is 13.4. The first-order valence-corrected chi connectivity index (χ1v) is 12.9. The van der Waals surface area contributed by atoms with Crippen LogP contribution < -0.4 is 0 Å². The van der Waals surface area contributed by atoms with E-state index in [2.05, 4.69) is 12.1 Å². The topological polar surface area (TPSA) is 81.2 Å². The van der Waals surface area contributed by atoms with Crippen molar-refractivity contribution in [3.8, 4) is 29.6 Å². The van der Waals surface area contributed by atoms with Gasteiger partial charge in [-0.3, -0.25) is 0 Å². The van der Waals surface area contributed by atoms with Crippen LogP contribution in [0.15, 0.2) is 97.1 Å². The lowest BCUT2D eigenvalue weighted by atomic mass is 10.0. The van der Waals surface area contributed by atoms with Crippen molar-refractivity contribution in [2.24, 2.45) is 0 Å². The Morgan fingerprint density at radius 2 is 1.05 bits per heavy atom. The van der Waals surface area contributed by atoms with E-state index in [-0.39, 0.29) is 16.7 Å². The summed E-state index contributed by atoms with van der Waals surface area (Å²) in [5.74, 6) is 0. The third-order valence-corrected chi connectivity index (χ3v) is 7.63. The maximum absolute atomic E-state index is 13.4. The zero-order chi connectivity index (χ0) is 29.2. The van der Waals surface area contributed by atoms with E-state index >= 15 is 0 Å². The fourth-order valence-electron chi connectivity index (χ4n) is 5.91. The molecule has 0 aliphatic carbocycles. The highest BCUT2D eigenvalue weighted by atomic mass is 19.4.